The molecule has 0 aliphatic heterocycles. The summed E-state index contributed by atoms with van der Waals surface area (Å²) in [6.45, 7) is 0.370. The van der Waals surface area contributed by atoms with Crippen LogP contribution in [0.25, 0.3) is 22.2 Å². The van der Waals surface area contributed by atoms with E-state index in [0.717, 1.165) is 18.9 Å². The number of halogens is 3. The van der Waals surface area contributed by atoms with Gasteiger partial charge in [-0.3, -0.25) is 4.79 Å². The van der Waals surface area contributed by atoms with Crippen LogP contribution in [0.5, 0.6) is 0 Å². The zero-order valence-electron chi connectivity index (χ0n) is 13.9. The summed E-state index contributed by atoms with van der Waals surface area (Å²) in [6, 6.07) is 7.90. The lowest BCUT2D eigenvalue weighted by atomic mass is 10.0. The number of fused-ring (bicyclic) bond motifs is 1. The fourth-order valence-corrected chi connectivity index (χ4v) is 3.20. The van der Waals surface area contributed by atoms with Crippen LogP contribution < -0.4 is 5.32 Å². The Labute approximate surface area is 148 Å². The zero-order chi connectivity index (χ0) is 18.3. The Bertz CT molecular complexity index is 975. The van der Waals surface area contributed by atoms with E-state index in [1.165, 1.54) is 18.2 Å². The molecule has 1 aliphatic rings. The van der Waals surface area contributed by atoms with Crippen molar-refractivity contribution in [1.29, 1.82) is 0 Å². The van der Waals surface area contributed by atoms with Gasteiger partial charge in [-0.05, 0) is 60.7 Å². The molecule has 1 saturated carbocycles. The third-order valence-corrected chi connectivity index (χ3v) is 4.69. The first-order valence-corrected chi connectivity index (χ1v) is 8.56. The fraction of sp³-hybridized carbons (Fsp3) is 0.250. The predicted octanol–water partition coefficient (Wildman–Crippen LogP) is 4.32. The SMILES string of the molecule is O=C(NCCc1c(-c2ccc(F)cc2)[nH]c2c(F)cc(F)cc12)C1CC1. The summed E-state index contributed by atoms with van der Waals surface area (Å²) in [6.07, 6.45) is 2.24. The number of aromatic amines is 1. The van der Waals surface area contributed by atoms with Crippen LogP contribution in [0.15, 0.2) is 36.4 Å². The summed E-state index contributed by atoms with van der Waals surface area (Å²) >= 11 is 0. The third-order valence-electron chi connectivity index (χ3n) is 4.69. The van der Waals surface area contributed by atoms with Gasteiger partial charge < -0.3 is 10.3 Å². The molecule has 1 heterocycles. The summed E-state index contributed by atoms with van der Waals surface area (Å²) < 4.78 is 41.1. The first kappa shape index (κ1) is 16.7. The van der Waals surface area contributed by atoms with Crippen molar-refractivity contribution in [3.05, 3.63) is 59.4 Å². The van der Waals surface area contributed by atoms with Gasteiger partial charge in [0.25, 0.3) is 0 Å². The van der Waals surface area contributed by atoms with Crippen molar-refractivity contribution in [2.75, 3.05) is 6.54 Å². The average molecular weight is 358 g/mol. The predicted molar refractivity (Wildman–Crippen MR) is 93.0 cm³/mol. The lowest BCUT2D eigenvalue weighted by Crippen LogP contribution is -2.27. The lowest BCUT2D eigenvalue weighted by molar-refractivity contribution is -0.122. The molecule has 0 atom stereocenters. The molecule has 0 bridgehead atoms. The number of hydrogen-bond donors (Lipinski definition) is 2. The Morgan fingerprint density at radius 3 is 2.50 bits per heavy atom. The van der Waals surface area contributed by atoms with Crippen LogP contribution in [0.3, 0.4) is 0 Å². The number of hydrogen-bond acceptors (Lipinski definition) is 1. The molecule has 6 heteroatoms. The highest BCUT2D eigenvalue weighted by Gasteiger charge is 2.29. The molecule has 1 aliphatic carbocycles. The van der Waals surface area contributed by atoms with Gasteiger partial charge >= 0.3 is 0 Å². The normalized spacial score (nSPS) is 14.0. The second kappa shape index (κ2) is 6.52. The van der Waals surface area contributed by atoms with Gasteiger partial charge in [0.1, 0.15) is 17.5 Å². The largest absolute Gasteiger partial charge is 0.356 e. The molecule has 1 amide bonds. The second-order valence-corrected chi connectivity index (χ2v) is 6.61. The minimum absolute atomic E-state index is 0.0190. The minimum Gasteiger partial charge on any atom is -0.356 e. The minimum atomic E-state index is -0.684. The van der Waals surface area contributed by atoms with Crippen LogP contribution in [-0.4, -0.2) is 17.4 Å². The van der Waals surface area contributed by atoms with E-state index in [1.54, 1.807) is 12.1 Å². The molecule has 134 valence electrons. The van der Waals surface area contributed by atoms with E-state index in [2.05, 4.69) is 10.3 Å². The molecule has 0 spiro atoms. The van der Waals surface area contributed by atoms with Crippen LogP contribution in [0.2, 0.25) is 0 Å². The van der Waals surface area contributed by atoms with Gasteiger partial charge in [0.05, 0.1) is 5.52 Å². The van der Waals surface area contributed by atoms with Gasteiger partial charge in [-0.2, -0.15) is 0 Å². The summed E-state index contributed by atoms with van der Waals surface area (Å²) in [4.78, 5) is 14.8. The number of amides is 1. The third kappa shape index (κ3) is 3.19. The van der Waals surface area contributed by atoms with Gasteiger partial charge in [0, 0.05) is 29.6 Å². The number of nitrogens with one attached hydrogen (secondary N) is 2. The van der Waals surface area contributed by atoms with E-state index in [0.29, 0.717) is 35.2 Å². The number of carbonyl (C=O) groups excluding carboxylic acids is 1. The molecule has 26 heavy (non-hydrogen) atoms. The Morgan fingerprint density at radius 1 is 1.08 bits per heavy atom. The molecule has 0 saturated heterocycles. The monoisotopic (exact) mass is 358 g/mol. The Balaban J connectivity index is 1.72. The van der Waals surface area contributed by atoms with Gasteiger partial charge in [-0.15, -0.1) is 0 Å². The first-order chi connectivity index (χ1) is 12.5. The number of benzene rings is 2. The second-order valence-electron chi connectivity index (χ2n) is 6.61. The van der Waals surface area contributed by atoms with Crippen LogP contribution in [0, 0.1) is 23.4 Å². The number of aromatic nitrogens is 1. The molecule has 2 aromatic carbocycles. The summed E-state index contributed by atoms with van der Waals surface area (Å²) in [7, 11) is 0. The molecule has 2 N–H and O–H groups in total. The molecule has 0 unspecified atom stereocenters. The molecule has 3 nitrogen and oxygen atoms in total. The smallest absolute Gasteiger partial charge is 0.223 e. The van der Waals surface area contributed by atoms with Gasteiger partial charge in [0.15, 0.2) is 0 Å². The topological polar surface area (TPSA) is 44.9 Å². The number of H-pyrrole nitrogens is 1. The van der Waals surface area contributed by atoms with Crippen molar-refractivity contribution in [2.45, 2.75) is 19.3 Å². The van der Waals surface area contributed by atoms with Crippen LogP contribution >= 0.6 is 0 Å². The summed E-state index contributed by atoms with van der Waals surface area (Å²) in [5.74, 6) is -1.60. The highest BCUT2D eigenvalue weighted by molar-refractivity contribution is 5.91. The number of rotatable bonds is 5. The summed E-state index contributed by atoms with van der Waals surface area (Å²) in [5, 5.41) is 3.30. The van der Waals surface area contributed by atoms with E-state index in [-0.39, 0.29) is 23.2 Å². The van der Waals surface area contributed by atoms with Crippen LogP contribution in [-0.2, 0) is 11.2 Å². The first-order valence-electron chi connectivity index (χ1n) is 8.56. The van der Waals surface area contributed by atoms with Crippen molar-refractivity contribution < 1.29 is 18.0 Å². The van der Waals surface area contributed by atoms with Crippen LogP contribution in [0.1, 0.15) is 18.4 Å². The molecular weight excluding hydrogens is 341 g/mol. The maximum Gasteiger partial charge on any atom is 0.223 e. The van der Waals surface area contributed by atoms with Gasteiger partial charge in [-0.25, -0.2) is 13.2 Å². The van der Waals surface area contributed by atoms with Crippen molar-refractivity contribution in [2.24, 2.45) is 5.92 Å². The molecule has 4 rings (SSSR count). The molecular formula is C20H17F3N2O. The van der Waals surface area contributed by atoms with Crippen molar-refractivity contribution in [3.8, 4) is 11.3 Å². The Hall–Kier alpha value is -2.76. The fourth-order valence-electron chi connectivity index (χ4n) is 3.20. The van der Waals surface area contributed by atoms with E-state index >= 15 is 0 Å². The average Bonchev–Trinajstić information content (AvgIpc) is 3.39. The maximum atomic E-state index is 14.2. The highest BCUT2D eigenvalue weighted by Crippen LogP contribution is 2.33. The molecule has 3 aromatic rings. The zero-order valence-corrected chi connectivity index (χ0v) is 13.9. The molecule has 1 aromatic heterocycles. The van der Waals surface area contributed by atoms with E-state index < -0.39 is 11.6 Å². The Kier molecular flexibility index (Phi) is 4.18. The van der Waals surface area contributed by atoms with Gasteiger partial charge in [-0.1, -0.05) is 0 Å². The van der Waals surface area contributed by atoms with Crippen molar-refractivity contribution in [1.82, 2.24) is 10.3 Å². The number of carbonyl (C=O) groups is 1. The summed E-state index contributed by atoms with van der Waals surface area (Å²) in [5.41, 5.74) is 2.17. The lowest BCUT2D eigenvalue weighted by Gasteiger charge is -2.07. The van der Waals surface area contributed by atoms with Gasteiger partial charge in [0.2, 0.25) is 5.91 Å². The molecule has 0 radical (unpaired) electrons. The maximum absolute atomic E-state index is 14.2. The highest BCUT2D eigenvalue weighted by atomic mass is 19.1. The standard InChI is InChI=1S/C20H17F3N2O/c21-13-5-3-11(4-6-13)18-15(7-8-24-20(26)12-1-2-12)16-9-14(22)10-17(23)19(16)25-18/h3-6,9-10,12,25H,1-2,7-8H2,(H,24,26). The van der Waals surface area contributed by atoms with Crippen molar-refractivity contribution in [3.63, 3.8) is 0 Å². The Morgan fingerprint density at radius 2 is 1.81 bits per heavy atom. The van der Waals surface area contributed by atoms with E-state index in [4.69, 9.17) is 0 Å². The van der Waals surface area contributed by atoms with E-state index in [9.17, 15) is 18.0 Å². The molecule has 1 fully saturated rings. The van der Waals surface area contributed by atoms with Crippen LogP contribution in [0.4, 0.5) is 13.2 Å². The quantitative estimate of drug-likeness (QED) is 0.701. The van der Waals surface area contributed by atoms with E-state index in [1.807, 2.05) is 0 Å². The van der Waals surface area contributed by atoms with Crippen molar-refractivity contribution >= 4 is 16.8 Å².